The number of nitriles is 1. The van der Waals surface area contributed by atoms with E-state index in [0.717, 1.165) is 37.0 Å². The summed E-state index contributed by atoms with van der Waals surface area (Å²) in [5.74, 6) is 0.917. The molecule has 2 aromatic rings. The highest BCUT2D eigenvalue weighted by Crippen LogP contribution is 2.39. The third-order valence-corrected chi connectivity index (χ3v) is 5.87. The predicted molar refractivity (Wildman–Crippen MR) is 110 cm³/mol. The Balaban J connectivity index is 1.44. The van der Waals surface area contributed by atoms with Crippen molar-refractivity contribution in [1.29, 1.82) is 5.26 Å². The molecule has 0 radical (unpaired) electrons. The lowest BCUT2D eigenvalue weighted by atomic mass is 9.83. The molecule has 0 atom stereocenters. The Morgan fingerprint density at radius 2 is 1.97 bits per heavy atom. The maximum absolute atomic E-state index is 13.4. The summed E-state index contributed by atoms with van der Waals surface area (Å²) >= 11 is 0. The number of aryl methyl sites for hydroxylation is 1. The second-order valence-electron chi connectivity index (χ2n) is 8.32. The zero-order chi connectivity index (χ0) is 21.3. The van der Waals surface area contributed by atoms with Crippen molar-refractivity contribution in [2.75, 3.05) is 13.1 Å². The molecule has 6 heteroatoms. The average molecular weight is 408 g/mol. The van der Waals surface area contributed by atoms with Gasteiger partial charge >= 0.3 is 0 Å². The number of nitrogens with zero attached hydrogens (tertiary/aromatic N) is 2. The number of hydrogen-bond donors (Lipinski definition) is 0. The minimum absolute atomic E-state index is 0.0472. The summed E-state index contributed by atoms with van der Waals surface area (Å²) in [6.45, 7) is 4.96. The van der Waals surface area contributed by atoms with Crippen LogP contribution in [0.2, 0.25) is 0 Å². The van der Waals surface area contributed by atoms with E-state index in [1.165, 1.54) is 6.07 Å². The van der Waals surface area contributed by atoms with Gasteiger partial charge < -0.3 is 14.4 Å². The Bertz CT molecular complexity index is 1000. The van der Waals surface area contributed by atoms with Crippen molar-refractivity contribution >= 4 is 5.91 Å². The van der Waals surface area contributed by atoms with Gasteiger partial charge in [-0.25, -0.2) is 4.39 Å². The number of likely N-dealkylation sites (tertiary alicyclic amines) is 1. The van der Waals surface area contributed by atoms with Gasteiger partial charge in [-0.05, 0) is 68.7 Å². The zero-order valence-corrected chi connectivity index (χ0v) is 17.3. The molecule has 0 unspecified atom stereocenters. The summed E-state index contributed by atoms with van der Waals surface area (Å²) < 4.78 is 25.4. The van der Waals surface area contributed by atoms with E-state index in [2.05, 4.69) is 6.07 Å². The molecule has 2 aromatic carbocycles. The molecular weight excluding hydrogens is 383 g/mol. The molecule has 1 fully saturated rings. The number of carbonyl (C=O) groups excluding carboxylic acids is 1. The van der Waals surface area contributed by atoms with Crippen molar-refractivity contribution in [3.63, 3.8) is 0 Å². The normalized spacial score (nSPS) is 17.2. The van der Waals surface area contributed by atoms with E-state index < -0.39 is 0 Å². The minimum Gasteiger partial charge on any atom is -0.490 e. The van der Waals surface area contributed by atoms with Crippen LogP contribution in [-0.2, 0) is 6.42 Å². The van der Waals surface area contributed by atoms with Crippen molar-refractivity contribution in [1.82, 2.24) is 4.90 Å². The fourth-order valence-corrected chi connectivity index (χ4v) is 4.25. The van der Waals surface area contributed by atoms with Crippen LogP contribution >= 0.6 is 0 Å². The smallest absolute Gasteiger partial charge is 0.253 e. The molecule has 2 aliphatic heterocycles. The monoisotopic (exact) mass is 408 g/mol. The van der Waals surface area contributed by atoms with E-state index >= 15 is 0 Å². The van der Waals surface area contributed by atoms with Gasteiger partial charge in [-0.2, -0.15) is 5.26 Å². The summed E-state index contributed by atoms with van der Waals surface area (Å²) in [6, 6.07) is 11.8. The number of amides is 1. The first-order valence-corrected chi connectivity index (χ1v) is 10.4. The molecule has 30 heavy (non-hydrogen) atoms. The molecule has 0 bridgehead atoms. The first kappa shape index (κ1) is 20.2. The number of ether oxygens (including phenoxy) is 2. The van der Waals surface area contributed by atoms with Gasteiger partial charge in [-0.3, -0.25) is 4.79 Å². The van der Waals surface area contributed by atoms with Crippen LogP contribution in [0.4, 0.5) is 4.39 Å². The lowest BCUT2D eigenvalue weighted by molar-refractivity contribution is -0.0108. The van der Waals surface area contributed by atoms with Gasteiger partial charge in [0.25, 0.3) is 5.91 Å². The van der Waals surface area contributed by atoms with E-state index in [1.807, 2.05) is 18.7 Å². The van der Waals surface area contributed by atoms with E-state index in [4.69, 9.17) is 9.47 Å². The Morgan fingerprint density at radius 3 is 2.67 bits per heavy atom. The maximum Gasteiger partial charge on any atom is 0.253 e. The first-order chi connectivity index (χ1) is 14.4. The van der Waals surface area contributed by atoms with E-state index in [0.29, 0.717) is 30.0 Å². The molecule has 0 aromatic heterocycles. The SMILES string of the molecule is CC(C)Oc1ccc(C(=O)N2CCC3(CCc4cc(F)ccc4O3)CC2)cc1C#N. The molecule has 0 N–H and O–H groups in total. The molecule has 0 aliphatic carbocycles. The van der Waals surface area contributed by atoms with Gasteiger partial charge in [0.1, 0.15) is 29.0 Å². The molecule has 2 heterocycles. The Hall–Kier alpha value is -3.07. The molecule has 1 amide bonds. The number of hydrogen-bond acceptors (Lipinski definition) is 4. The molecule has 156 valence electrons. The third kappa shape index (κ3) is 3.97. The van der Waals surface area contributed by atoms with Gasteiger partial charge in [0.05, 0.1) is 11.7 Å². The molecule has 1 saturated heterocycles. The number of rotatable bonds is 3. The number of piperidine rings is 1. The highest BCUT2D eigenvalue weighted by molar-refractivity contribution is 5.95. The van der Waals surface area contributed by atoms with Crippen LogP contribution < -0.4 is 9.47 Å². The molecule has 0 saturated carbocycles. The van der Waals surface area contributed by atoms with Crippen LogP contribution in [0.1, 0.15) is 54.6 Å². The van der Waals surface area contributed by atoms with Crippen molar-refractivity contribution in [2.45, 2.75) is 51.2 Å². The summed E-state index contributed by atoms with van der Waals surface area (Å²) in [5.41, 5.74) is 1.47. The molecule has 5 nitrogen and oxygen atoms in total. The van der Waals surface area contributed by atoms with Crippen LogP contribution in [0.15, 0.2) is 36.4 Å². The molecular formula is C24H25FN2O3. The second kappa shape index (κ2) is 7.98. The largest absolute Gasteiger partial charge is 0.490 e. The van der Waals surface area contributed by atoms with E-state index in [-0.39, 0.29) is 23.4 Å². The van der Waals surface area contributed by atoms with Crippen LogP contribution in [0.3, 0.4) is 0 Å². The zero-order valence-electron chi connectivity index (χ0n) is 17.3. The molecule has 4 rings (SSSR count). The van der Waals surface area contributed by atoms with Crippen molar-refractivity contribution in [2.24, 2.45) is 0 Å². The average Bonchev–Trinajstić information content (AvgIpc) is 2.74. The standard InChI is InChI=1S/C24H25FN2O3/c1-16(2)29-21-5-3-18(13-19(21)15-26)23(28)27-11-9-24(10-12-27)8-7-17-14-20(25)4-6-22(17)30-24/h3-6,13-14,16H,7-12H2,1-2H3. The summed E-state index contributed by atoms with van der Waals surface area (Å²) in [7, 11) is 0. The minimum atomic E-state index is -0.297. The van der Waals surface area contributed by atoms with Crippen LogP contribution in [0, 0.1) is 17.1 Å². The second-order valence-corrected chi connectivity index (χ2v) is 8.32. The summed E-state index contributed by atoms with van der Waals surface area (Å²) in [6.07, 6.45) is 3.02. The third-order valence-electron chi connectivity index (χ3n) is 5.87. The van der Waals surface area contributed by atoms with Gasteiger partial charge in [0.15, 0.2) is 0 Å². The van der Waals surface area contributed by atoms with Gasteiger partial charge in [-0.1, -0.05) is 0 Å². The Kier molecular flexibility index (Phi) is 5.38. The fourth-order valence-electron chi connectivity index (χ4n) is 4.25. The Labute approximate surface area is 176 Å². The van der Waals surface area contributed by atoms with Gasteiger partial charge in [0, 0.05) is 31.5 Å². The lowest BCUT2D eigenvalue weighted by Gasteiger charge is -2.44. The van der Waals surface area contributed by atoms with Gasteiger partial charge in [-0.15, -0.1) is 0 Å². The highest BCUT2D eigenvalue weighted by Gasteiger charge is 2.40. The van der Waals surface area contributed by atoms with Crippen molar-refractivity contribution in [3.8, 4) is 17.6 Å². The summed E-state index contributed by atoms with van der Waals surface area (Å²) in [4.78, 5) is 14.8. The molecule has 1 spiro atoms. The quantitative estimate of drug-likeness (QED) is 0.751. The van der Waals surface area contributed by atoms with Crippen LogP contribution in [0.5, 0.6) is 11.5 Å². The van der Waals surface area contributed by atoms with Crippen molar-refractivity contribution < 1.29 is 18.7 Å². The lowest BCUT2D eigenvalue weighted by Crippen LogP contribution is -2.51. The fraction of sp³-hybridized carbons (Fsp3) is 0.417. The Morgan fingerprint density at radius 1 is 1.20 bits per heavy atom. The number of halogens is 1. The first-order valence-electron chi connectivity index (χ1n) is 10.4. The number of fused-ring (bicyclic) bond motifs is 1. The van der Waals surface area contributed by atoms with E-state index in [1.54, 1.807) is 30.3 Å². The molecule has 2 aliphatic rings. The topological polar surface area (TPSA) is 62.6 Å². The summed E-state index contributed by atoms with van der Waals surface area (Å²) in [5, 5.41) is 9.42. The van der Waals surface area contributed by atoms with Crippen LogP contribution in [0.25, 0.3) is 0 Å². The maximum atomic E-state index is 13.4. The van der Waals surface area contributed by atoms with Gasteiger partial charge in [0.2, 0.25) is 0 Å². The predicted octanol–water partition coefficient (Wildman–Crippen LogP) is 4.48. The van der Waals surface area contributed by atoms with E-state index in [9.17, 15) is 14.4 Å². The number of benzene rings is 2. The van der Waals surface area contributed by atoms with Crippen molar-refractivity contribution in [3.05, 3.63) is 58.9 Å². The van der Waals surface area contributed by atoms with Crippen LogP contribution in [-0.4, -0.2) is 35.6 Å². The number of carbonyl (C=O) groups is 1. The highest BCUT2D eigenvalue weighted by atomic mass is 19.1.